The van der Waals surface area contributed by atoms with E-state index in [9.17, 15) is 4.79 Å². The Labute approximate surface area is 114 Å². The van der Waals surface area contributed by atoms with E-state index in [1.807, 2.05) is 12.1 Å². The van der Waals surface area contributed by atoms with E-state index in [1.165, 1.54) is 51.6 Å². The maximum atomic E-state index is 12.1. The van der Waals surface area contributed by atoms with Crippen LogP contribution in [0.15, 0.2) is 18.3 Å². The maximum Gasteiger partial charge on any atom is 0.267 e. The first-order valence-electron chi connectivity index (χ1n) is 7.47. The van der Waals surface area contributed by atoms with Crippen LogP contribution < -0.4 is 5.32 Å². The van der Waals surface area contributed by atoms with Gasteiger partial charge in [0.05, 0.1) is 0 Å². The molecule has 2 fully saturated rings. The second-order valence-corrected chi connectivity index (χ2v) is 5.89. The Balaban J connectivity index is 1.63. The highest BCUT2D eigenvalue weighted by molar-refractivity contribution is 5.92. The van der Waals surface area contributed by atoms with Crippen molar-refractivity contribution in [2.75, 3.05) is 19.6 Å². The molecule has 1 aromatic heterocycles. The van der Waals surface area contributed by atoms with Crippen molar-refractivity contribution in [3.05, 3.63) is 24.0 Å². The van der Waals surface area contributed by atoms with Gasteiger partial charge in [0, 0.05) is 18.3 Å². The molecule has 1 saturated carbocycles. The first-order valence-corrected chi connectivity index (χ1v) is 7.47. The largest absolute Gasteiger partial charge is 0.357 e. The molecule has 0 spiro atoms. The third-order valence-corrected chi connectivity index (χ3v) is 4.73. The van der Waals surface area contributed by atoms with Crippen molar-refractivity contribution in [3.8, 4) is 0 Å². The molecule has 19 heavy (non-hydrogen) atoms. The van der Waals surface area contributed by atoms with Gasteiger partial charge in [-0.2, -0.15) is 0 Å². The monoisotopic (exact) mass is 261 g/mol. The molecule has 104 valence electrons. The summed E-state index contributed by atoms with van der Waals surface area (Å²) in [5.74, 6) is 0.0236. The van der Waals surface area contributed by atoms with Crippen LogP contribution in [-0.2, 0) is 0 Å². The molecule has 4 nitrogen and oxygen atoms in total. The highest BCUT2D eigenvalue weighted by Crippen LogP contribution is 2.36. The number of hydrogen-bond acceptors (Lipinski definition) is 2. The fourth-order valence-corrected chi connectivity index (χ4v) is 3.64. The van der Waals surface area contributed by atoms with Crippen molar-refractivity contribution in [2.24, 2.45) is 0 Å². The Bertz CT molecular complexity index is 415. The number of carbonyl (C=O) groups is 1. The predicted molar refractivity (Wildman–Crippen MR) is 75.1 cm³/mol. The molecule has 0 unspecified atom stereocenters. The number of nitrogens with zero attached hydrogens (tertiary/aromatic N) is 1. The molecule has 4 heteroatoms. The Morgan fingerprint density at radius 2 is 2.00 bits per heavy atom. The van der Waals surface area contributed by atoms with Crippen LogP contribution in [0.1, 0.15) is 49.0 Å². The summed E-state index contributed by atoms with van der Waals surface area (Å²) in [6.45, 7) is 3.21. The molecule has 2 aliphatic rings. The zero-order valence-corrected chi connectivity index (χ0v) is 11.5. The van der Waals surface area contributed by atoms with Crippen LogP contribution in [-0.4, -0.2) is 41.0 Å². The Morgan fingerprint density at radius 1 is 1.26 bits per heavy atom. The van der Waals surface area contributed by atoms with Gasteiger partial charge in [0.2, 0.25) is 0 Å². The number of H-pyrrole nitrogens is 1. The third kappa shape index (κ3) is 2.54. The number of rotatable bonds is 4. The second-order valence-electron chi connectivity index (χ2n) is 5.89. The molecule has 2 heterocycles. The van der Waals surface area contributed by atoms with Crippen molar-refractivity contribution >= 4 is 5.91 Å². The quantitative estimate of drug-likeness (QED) is 0.872. The van der Waals surface area contributed by atoms with Crippen molar-refractivity contribution in [1.29, 1.82) is 0 Å². The summed E-state index contributed by atoms with van der Waals surface area (Å²) in [7, 11) is 0. The van der Waals surface area contributed by atoms with Crippen molar-refractivity contribution in [3.63, 3.8) is 0 Å². The fourth-order valence-electron chi connectivity index (χ4n) is 3.64. The Kier molecular flexibility index (Phi) is 3.60. The molecule has 0 bridgehead atoms. The van der Waals surface area contributed by atoms with E-state index in [0.717, 1.165) is 6.54 Å². The van der Waals surface area contributed by atoms with E-state index in [2.05, 4.69) is 15.2 Å². The molecule has 1 aliphatic heterocycles. The van der Waals surface area contributed by atoms with Gasteiger partial charge in [-0.3, -0.25) is 9.69 Å². The molecular formula is C15H23N3O. The summed E-state index contributed by atoms with van der Waals surface area (Å²) in [5, 5.41) is 3.13. The summed E-state index contributed by atoms with van der Waals surface area (Å²) < 4.78 is 0. The van der Waals surface area contributed by atoms with Gasteiger partial charge in [-0.05, 0) is 50.9 Å². The second kappa shape index (κ2) is 5.37. The topological polar surface area (TPSA) is 48.1 Å². The minimum atomic E-state index is 0.0236. The molecule has 1 saturated heterocycles. The lowest BCUT2D eigenvalue weighted by Gasteiger charge is -2.39. The van der Waals surface area contributed by atoms with E-state index in [-0.39, 0.29) is 11.4 Å². The lowest BCUT2D eigenvalue weighted by Crippen LogP contribution is -2.53. The molecule has 2 N–H and O–H groups in total. The number of aromatic nitrogens is 1. The van der Waals surface area contributed by atoms with Gasteiger partial charge in [-0.25, -0.2) is 0 Å². The molecular weight excluding hydrogens is 238 g/mol. The zero-order chi connectivity index (χ0) is 13.1. The average Bonchev–Trinajstić information content (AvgIpc) is 3.16. The van der Waals surface area contributed by atoms with Crippen LogP contribution in [0.25, 0.3) is 0 Å². The number of hydrogen-bond donors (Lipinski definition) is 2. The molecule has 1 amide bonds. The SMILES string of the molecule is O=C(NCC1(N2CCCC2)CCCC1)c1ccc[nH]1. The van der Waals surface area contributed by atoms with Crippen molar-refractivity contribution < 1.29 is 4.79 Å². The normalized spacial score (nSPS) is 22.7. The number of carbonyl (C=O) groups excluding carboxylic acids is 1. The van der Waals surface area contributed by atoms with Gasteiger partial charge >= 0.3 is 0 Å². The summed E-state index contributed by atoms with van der Waals surface area (Å²) in [6, 6.07) is 3.69. The van der Waals surface area contributed by atoms with E-state index in [0.29, 0.717) is 5.69 Å². The molecule has 0 atom stereocenters. The molecule has 3 rings (SSSR count). The minimum Gasteiger partial charge on any atom is -0.357 e. The molecule has 1 aromatic rings. The summed E-state index contributed by atoms with van der Waals surface area (Å²) >= 11 is 0. The lowest BCUT2D eigenvalue weighted by atomic mass is 9.95. The van der Waals surface area contributed by atoms with Gasteiger partial charge in [-0.1, -0.05) is 12.8 Å². The lowest BCUT2D eigenvalue weighted by molar-refractivity contribution is 0.0856. The first-order chi connectivity index (χ1) is 9.30. The number of amides is 1. The van der Waals surface area contributed by atoms with Crippen molar-refractivity contribution in [2.45, 2.75) is 44.1 Å². The van der Waals surface area contributed by atoms with Crippen molar-refractivity contribution in [1.82, 2.24) is 15.2 Å². The average molecular weight is 261 g/mol. The van der Waals surface area contributed by atoms with Gasteiger partial charge in [0.25, 0.3) is 5.91 Å². The van der Waals surface area contributed by atoms with Crippen LogP contribution in [0.3, 0.4) is 0 Å². The summed E-state index contributed by atoms with van der Waals surface area (Å²) in [6.07, 6.45) is 9.49. The van der Waals surface area contributed by atoms with Crippen LogP contribution in [0.4, 0.5) is 0 Å². The number of likely N-dealkylation sites (tertiary alicyclic amines) is 1. The Hall–Kier alpha value is -1.29. The number of nitrogens with one attached hydrogen (secondary N) is 2. The highest BCUT2D eigenvalue weighted by atomic mass is 16.1. The predicted octanol–water partition coefficient (Wildman–Crippen LogP) is 2.15. The maximum absolute atomic E-state index is 12.1. The highest BCUT2D eigenvalue weighted by Gasteiger charge is 2.40. The van der Waals surface area contributed by atoms with Crippen LogP contribution in [0, 0.1) is 0 Å². The Morgan fingerprint density at radius 3 is 2.63 bits per heavy atom. The van der Waals surface area contributed by atoms with E-state index < -0.39 is 0 Å². The summed E-state index contributed by atoms with van der Waals surface area (Å²) in [5.41, 5.74) is 0.897. The van der Waals surface area contributed by atoms with E-state index >= 15 is 0 Å². The standard InChI is InChI=1S/C15H23N3O/c19-14(13-6-5-9-16-13)17-12-15(7-1-2-8-15)18-10-3-4-11-18/h5-6,9,16H,1-4,7-8,10-12H2,(H,17,19). The van der Waals surface area contributed by atoms with Crippen LogP contribution >= 0.6 is 0 Å². The minimum absolute atomic E-state index is 0.0236. The van der Waals surface area contributed by atoms with Gasteiger partial charge in [0.1, 0.15) is 5.69 Å². The van der Waals surface area contributed by atoms with E-state index in [1.54, 1.807) is 6.20 Å². The van der Waals surface area contributed by atoms with Gasteiger partial charge in [0.15, 0.2) is 0 Å². The first kappa shape index (κ1) is 12.7. The van der Waals surface area contributed by atoms with Gasteiger partial charge in [-0.15, -0.1) is 0 Å². The van der Waals surface area contributed by atoms with Crippen LogP contribution in [0.5, 0.6) is 0 Å². The fraction of sp³-hybridized carbons (Fsp3) is 0.667. The smallest absolute Gasteiger partial charge is 0.267 e. The van der Waals surface area contributed by atoms with Gasteiger partial charge < -0.3 is 10.3 Å². The zero-order valence-electron chi connectivity index (χ0n) is 11.5. The third-order valence-electron chi connectivity index (χ3n) is 4.73. The van der Waals surface area contributed by atoms with Crippen LogP contribution in [0.2, 0.25) is 0 Å². The molecule has 0 aromatic carbocycles. The molecule has 0 radical (unpaired) electrons. The van der Waals surface area contributed by atoms with E-state index in [4.69, 9.17) is 0 Å². The number of aromatic amines is 1. The summed E-state index contributed by atoms with van der Waals surface area (Å²) in [4.78, 5) is 17.6. The molecule has 1 aliphatic carbocycles.